The standard InChI is InChI=1S/C17H26N2O2/c1-6-11-21-14-9-7-13(8-10-14)12-19(5)16(20)15(18)17(2,3)4/h6-10,15H,1,11-12,18H2,2-5H3. The van der Waals surface area contributed by atoms with Gasteiger partial charge in [-0.25, -0.2) is 0 Å². The molecule has 0 heterocycles. The number of hydrogen-bond acceptors (Lipinski definition) is 3. The number of likely N-dealkylation sites (N-methyl/N-ethyl adjacent to an activating group) is 1. The van der Waals surface area contributed by atoms with Crippen LogP contribution < -0.4 is 10.5 Å². The predicted molar refractivity (Wildman–Crippen MR) is 86.0 cm³/mol. The van der Waals surface area contributed by atoms with Gasteiger partial charge in [0.25, 0.3) is 0 Å². The van der Waals surface area contributed by atoms with Crippen molar-refractivity contribution >= 4 is 5.91 Å². The summed E-state index contributed by atoms with van der Waals surface area (Å²) in [5.41, 5.74) is 6.80. The molecule has 2 N–H and O–H groups in total. The highest BCUT2D eigenvalue weighted by Crippen LogP contribution is 2.20. The van der Waals surface area contributed by atoms with Crippen LogP contribution in [0.3, 0.4) is 0 Å². The average molecular weight is 290 g/mol. The first-order chi connectivity index (χ1) is 9.75. The molecule has 0 saturated heterocycles. The summed E-state index contributed by atoms with van der Waals surface area (Å²) >= 11 is 0. The van der Waals surface area contributed by atoms with Crippen LogP contribution >= 0.6 is 0 Å². The molecular weight excluding hydrogens is 264 g/mol. The molecule has 0 saturated carbocycles. The normalized spacial score (nSPS) is 12.6. The molecule has 0 aromatic heterocycles. The monoisotopic (exact) mass is 290 g/mol. The Morgan fingerprint density at radius 3 is 2.43 bits per heavy atom. The Kier molecular flexibility index (Phi) is 5.97. The summed E-state index contributed by atoms with van der Waals surface area (Å²) in [6.45, 7) is 10.5. The molecule has 0 aliphatic carbocycles. The van der Waals surface area contributed by atoms with Crippen molar-refractivity contribution in [3.8, 4) is 5.75 Å². The maximum Gasteiger partial charge on any atom is 0.240 e. The van der Waals surface area contributed by atoms with E-state index in [0.717, 1.165) is 11.3 Å². The fraction of sp³-hybridized carbons (Fsp3) is 0.471. The minimum Gasteiger partial charge on any atom is -0.490 e. The zero-order valence-electron chi connectivity index (χ0n) is 13.4. The lowest BCUT2D eigenvalue weighted by atomic mass is 9.86. The number of carbonyl (C=O) groups excluding carboxylic acids is 1. The molecule has 0 spiro atoms. The van der Waals surface area contributed by atoms with Crippen LogP contribution in [0.1, 0.15) is 26.3 Å². The minimum atomic E-state index is -0.502. The molecule has 116 valence electrons. The SMILES string of the molecule is C=CCOc1ccc(CN(C)C(=O)C(N)C(C)(C)C)cc1. The van der Waals surface area contributed by atoms with E-state index in [4.69, 9.17) is 10.5 Å². The van der Waals surface area contributed by atoms with Gasteiger partial charge in [-0.3, -0.25) is 4.79 Å². The lowest BCUT2D eigenvalue weighted by molar-refractivity contribution is -0.134. The van der Waals surface area contributed by atoms with Crippen molar-refractivity contribution in [2.24, 2.45) is 11.1 Å². The second kappa shape index (κ2) is 7.27. The summed E-state index contributed by atoms with van der Waals surface area (Å²) in [6.07, 6.45) is 1.70. The summed E-state index contributed by atoms with van der Waals surface area (Å²) in [4.78, 5) is 13.9. The number of nitrogens with zero attached hydrogens (tertiary/aromatic N) is 1. The van der Waals surface area contributed by atoms with E-state index in [0.29, 0.717) is 13.2 Å². The molecule has 4 nitrogen and oxygen atoms in total. The van der Waals surface area contributed by atoms with Crippen LogP contribution in [0.25, 0.3) is 0 Å². The van der Waals surface area contributed by atoms with Gasteiger partial charge in [-0.2, -0.15) is 0 Å². The van der Waals surface area contributed by atoms with Crippen molar-refractivity contribution in [3.63, 3.8) is 0 Å². The summed E-state index contributed by atoms with van der Waals surface area (Å²) in [5, 5.41) is 0. The van der Waals surface area contributed by atoms with Gasteiger partial charge < -0.3 is 15.4 Å². The number of benzene rings is 1. The van der Waals surface area contributed by atoms with Crippen LogP contribution in [-0.2, 0) is 11.3 Å². The van der Waals surface area contributed by atoms with Crippen LogP contribution in [0, 0.1) is 5.41 Å². The van der Waals surface area contributed by atoms with E-state index in [1.807, 2.05) is 45.0 Å². The summed E-state index contributed by atoms with van der Waals surface area (Å²) in [6, 6.07) is 7.18. The Morgan fingerprint density at radius 1 is 1.38 bits per heavy atom. The molecule has 1 rings (SSSR count). The second-order valence-electron chi connectivity index (χ2n) is 6.28. The van der Waals surface area contributed by atoms with Gasteiger partial charge in [0.1, 0.15) is 12.4 Å². The fourth-order valence-corrected chi connectivity index (χ4v) is 1.81. The third-order valence-electron chi connectivity index (χ3n) is 3.29. The van der Waals surface area contributed by atoms with Crippen LogP contribution in [0.15, 0.2) is 36.9 Å². The van der Waals surface area contributed by atoms with E-state index in [9.17, 15) is 4.79 Å². The molecule has 0 radical (unpaired) electrons. The summed E-state index contributed by atoms with van der Waals surface area (Å²) < 4.78 is 5.43. The minimum absolute atomic E-state index is 0.0468. The molecule has 0 fully saturated rings. The first-order valence-corrected chi connectivity index (χ1v) is 7.09. The van der Waals surface area contributed by atoms with Crippen molar-refractivity contribution in [1.29, 1.82) is 0 Å². The quantitative estimate of drug-likeness (QED) is 0.819. The van der Waals surface area contributed by atoms with E-state index < -0.39 is 6.04 Å². The topological polar surface area (TPSA) is 55.6 Å². The molecule has 1 amide bonds. The highest BCUT2D eigenvalue weighted by atomic mass is 16.5. The molecule has 4 heteroatoms. The lowest BCUT2D eigenvalue weighted by Crippen LogP contribution is -2.48. The maximum atomic E-state index is 12.3. The molecule has 1 unspecified atom stereocenters. The van der Waals surface area contributed by atoms with Crippen LogP contribution in [0.5, 0.6) is 5.75 Å². The van der Waals surface area contributed by atoms with Crippen LogP contribution in [-0.4, -0.2) is 30.5 Å². The third-order valence-corrected chi connectivity index (χ3v) is 3.29. The Bertz CT molecular complexity index is 475. The predicted octanol–water partition coefficient (Wildman–Crippen LogP) is 2.58. The molecule has 1 atom stereocenters. The van der Waals surface area contributed by atoms with Gasteiger partial charge in [0.2, 0.25) is 5.91 Å². The Hall–Kier alpha value is -1.81. The van der Waals surface area contributed by atoms with E-state index in [2.05, 4.69) is 6.58 Å². The van der Waals surface area contributed by atoms with E-state index in [1.54, 1.807) is 18.0 Å². The smallest absolute Gasteiger partial charge is 0.240 e. The zero-order chi connectivity index (χ0) is 16.0. The van der Waals surface area contributed by atoms with Crippen molar-refractivity contribution in [2.45, 2.75) is 33.4 Å². The molecule has 0 aliphatic rings. The summed E-state index contributed by atoms with van der Waals surface area (Å²) in [5.74, 6) is 0.744. The molecule has 0 bridgehead atoms. The second-order valence-corrected chi connectivity index (χ2v) is 6.28. The first kappa shape index (κ1) is 17.2. The van der Waals surface area contributed by atoms with Crippen molar-refractivity contribution in [2.75, 3.05) is 13.7 Å². The van der Waals surface area contributed by atoms with Gasteiger partial charge in [-0.1, -0.05) is 45.6 Å². The zero-order valence-corrected chi connectivity index (χ0v) is 13.4. The Labute approximate surface area is 127 Å². The number of amides is 1. The van der Waals surface area contributed by atoms with Crippen LogP contribution in [0.4, 0.5) is 0 Å². The van der Waals surface area contributed by atoms with Gasteiger partial charge in [0, 0.05) is 13.6 Å². The largest absolute Gasteiger partial charge is 0.490 e. The number of rotatable bonds is 6. The van der Waals surface area contributed by atoms with Crippen molar-refractivity contribution < 1.29 is 9.53 Å². The summed E-state index contributed by atoms with van der Waals surface area (Å²) in [7, 11) is 1.77. The van der Waals surface area contributed by atoms with Gasteiger partial charge in [-0.15, -0.1) is 0 Å². The van der Waals surface area contributed by atoms with Gasteiger partial charge in [-0.05, 0) is 23.1 Å². The highest BCUT2D eigenvalue weighted by molar-refractivity contribution is 5.82. The molecular formula is C17H26N2O2. The maximum absolute atomic E-state index is 12.3. The van der Waals surface area contributed by atoms with E-state index in [-0.39, 0.29) is 11.3 Å². The molecule has 0 aliphatic heterocycles. The molecule has 1 aromatic rings. The third kappa shape index (κ3) is 5.23. The van der Waals surface area contributed by atoms with Gasteiger partial charge in [0.15, 0.2) is 0 Å². The number of hydrogen-bond donors (Lipinski definition) is 1. The molecule has 1 aromatic carbocycles. The first-order valence-electron chi connectivity index (χ1n) is 7.09. The molecule has 21 heavy (non-hydrogen) atoms. The van der Waals surface area contributed by atoms with E-state index in [1.165, 1.54) is 0 Å². The van der Waals surface area contributed by atoms with Crippen molar-refractivity contribution in [1.82, 2.24) is 4.90 Å². The number of carbonyl (C=O) groups is 1. The average Bonchev–Trinajstić information content (AvgIpc) is 2.43. The fourth-order valence-electron chi connectivity index (χ4n) is 1.81. The van der Waals surface area contributed by atoms with E-state index >= 15 is 0 Å². The van der Waals surface area contributed by atoms with Gasteiger partial charge >= 0.3 is 0 Å². The lowest BCUT2D eigenvalue weighted by Gasteiger charge is -2.30. The Morgan fingerprint density at radius 2 is 1.95 bits per heavy atom. The number of nitrogens with two attached hydrogens (primary N) is 1. The van der Waals surface area contributed by atoms with Crippen LogP contribution in [0.2, 0.25) is 0 Å². The highest BCUT2D eigenvalue weighted by Gasteiger charge is 2.29. The number of ether oxygens (including phenoxy) is 1. The van der Waals surface area contributed by atoms with Crippen molar-refractivity contribution in [3.05, 3.63) is 42.5 Å². The Balaban J connectivity index is 2.64. The van der Waals surface area contributed by atoms with Gasteiger partial charge in [0.05, 0.1) is 6.04 Å².